The number of aliphatic hydroxyl groups is 3. The Morgan fingerprint density at radius 2 is 1.60 bits per heavy atom. The molecule has 2 unspecified atom stereocenters. The van der Waals surface area contributed by atoms with Gasteiger partial charge >= 0.3 is 18.0 Å². The van der Waals surface area contributed by atoms with E-state index < -0.39 is 78.1 Å². The van der Waals surface area contributed by atoms with Crippen molar-refractivity contribution in [2.45, 2.75) is 167 Å². The molecule has 26 nitrogen and oxygen atoms in total. The number of aromatic nitrogens is 6. The van der Waals surface area contributed by atoms with E-state index >= 15 is 0 Å². The monoisotopic (exact) mass is 1260 g/mol. The standard InChI is InChI=1S/C63H78N12O14S/c1-33(2)46(64)54(80)68-34(3)53(79)69-38-13-11-37(36(21-38)12-15-43-49(76)50(77)51(78)52(89-43)57(84)85)24-87-59(86)65-17-20-88-63-28-60(5)25-61(6,29-63)27-62(26-60,30-63)31-75-35(4)40(22-67-75)39-14-16-45(71-47(39)56(82)83)73-18-19-74-32-66-48(42(74)23-73)55(81)72-58-70-41-9-7-8-10-44(41)90-58/h7-11,13-14,16,21-22,32-34,43,46,49-52,76-78H,12,15,17-20,23-31,64H2,1-6H3,(H,65,86)(H,68,80)(H,69,79)(H,82,83)(H,84,85)(H,70,72,81)/t34-,43-,46-,49-,50+,51-,52-,60?,61?,62?,63?/m0/s1. The molecule has 480 valence electrons. The molecule has 6 aliphatic rings. The number of carboxylic acid groups (broad SMARTS) is 2. The maximum atomic E-state index is 13.6. The number of alkyl carbamates (subject to hydrolysis) is 1. The van der Waals surface area contributed by atoms with Crippen molar-refractivity contribution in [1.29, 1.82) is 0 Å². The number of aromatic carboxylic acids is 1. The number of carboxylic acids is 2. The second-order valence-corrected chi connectivity index (χ2v) is 27.4. The smallest absolute Gasteiger partial charge is 0.407 e. The molecule has 90 heavy (non-hydrogen) atoms. The summed E-state index contributed by atoms with van der Waals surface area (Å²) >= 11 is 1.38. The van der Waals surface area contributed by atoms with Gasteiger partial charge in [0.25, 0.3) is 5.91 Å². The Kier molecular flexibility index (Phi) is 17.7. The van der Waals surface area contributed by atoms with E-state index in [-0.39, 0.29) is 78.6 Å². The summed E-state index contributed by atoms with van der Waals surface area (Å²) in [6, 6.07) is 14.3. The molecule has 9 atom stereocenters. The molecule has 2 aromatic carbocycles. The van der Waals surface area contributed by atoms with E-state index in [1.807, 2.05) is 51.4 Å². The highest BCUT2D eigenvalue weighted by Crippen LogP contribution is 2.72. The number of imidazole rings is 1. The van der Waals surface area contributed by atoms with Crippen LogP contribution in [0.25, 0.3) is 21.3 Å². The summed E-state index contributed by atoms with van der Waals surface area (Å²) in [7, 11) is 0. The van der Waals surface area contributed by atoms with Gasteiger partial charge in [-0.2, -0.15) is 5.10 Å². The molecule has 1 saturated heterocycles. The topological polar surface area (TPSA) is 370 Å². The summed E-state index contributed by atoms with van der Waals surface area (Å²) in [6.07, 6.45) is -0.200. The SMILES string of the molecule is Cc1c(-c2ccc(N3CCn4cnc(C(=O)Nc5nc6ccccc6s5)c4C3)nc2C(=O)O)cnn1CC12CC3(C)CC(C)(C1)CC(OCCNC(=O)OCc1ccc(NC(=O)[C@H](C)NC(=O)[C@@H](N)C(C)C)cc1CC[C@@H]1O[C@H](C(=O)O)[C@@H](O)[C@H](O)[C@H]1O)(C3)C2. The molecule has 4 bridgehead atoms. The van der Waals surface area contributed by atoms with E-state index in [1.165, 1.54) is 18.3 Å². The van der Waals surface area contributed by atoms with Crippen LogP contribution in [-0.2, 0) is 61.3 Å². The van der Waals surface area contributed by atoms with Crippen molar-refractivity contribution in [3.8, 4) is 11.1 Å². The summed E-state index contributed by atoms with van der Waals surface area (Å²) in [4.78, 5) is 93.4. The van der Waals surface area contributed by atoms with Crippen LogP contribution in [0, 0.1) is 29.1 Å². The molecule has 4 amide bonds. The maximum absolute atomic E-state index is 13.6. The summed E-state index contributed by atoms with van der Waals surface area (Å²) in [5.74, 6) is -3.83. The molecule has 11 N–H and O–H groups in total. The predicted octanol–water partition coefficient (Wildman–Crippen LogP) is 5.39. The average Bonchev–Trinajstić information content (AvgIpc) is 0.751. The van der Waals surface area contributed by atoms with Gasteiger partial charge in [0.1, 0.15) is 36.8 Å². The highest BCUT2D eigenvalue weighted by atomic mass is 32.1. The van der Waals surface area contributed by atoms with E-state index in [4.69, 9.17) is 30.0 Å². The number of carbonyl (C=O) groups is 6. The number of amides is 4. The number of nitrogens with two attached hydrogens (primary N) is 1. The number of nitrogens with zero attached hydrogens (tertiary/aromatic N) is 7. The molecule has 2 aliphatic heterocycles. The second-order valence-electron chi connectivity index (χ2n) is 26.4. The van der Waals surface area contributed by atoms with Gasteiger partial charge in [0.15, 0.2) is 22.6 Å². The van der Waals surface area contributed by atoms with Gasteiger partial charge in [0.2, 0.25) is 11.8 Å². The quantitative estimate of drug-likeness (QED) is 0.0381. The summed E-state index contributed by atoms with van der Waals surface area (Å²) in [6.45, 7) is 13.7. The van der Waals surface area contributed by atoms with E-state index in [2.05, 4.69) is 45.1 Å². The largest absolute Gasteiger partial charge is 0.479 e. The molecule has 12 rings (SSSR count). The Balaban J connectivity index is 0.723. The molecule has 5 fully saturated rings. The van der Waals surface area contributed by atoms with E-state index in [0.717, 1.165) is 54.4 Å². The van der Waals surface area contributed by atoms with E-state index in [1.54, 1.807) is 50.6 Å². The van der Waals surface area contributed by atoms with Crippen LogP contribution in [0.5, 0.6) is 0 Å². The summed E-state index contributed by atoms with van der Waals surface area (Å²) in [5.41, 5.74) is 10.1. The van der Waals surface area contributed by atoms with Gasteiger partial charge < -0.3 is 70.9 Å². The lowest BCUT2D eigenvalue weighted by atomic mass is 9.39. The van der Waals surface area contributed by atoms with Crippen molar-refractivity contribution in [2.24, 2.45) is 27.9 Å². The van der Waals surface area contributed by atoms with Crippen LogP contribution in [0.3, 0.4) is 0 Å². The molecule has 6 heterocycles. The fourth-order valence-electron chi connectivity index (χ4n) is 15.4. The number of anilines is 3. The number of thiazole rings is 1. The lowest BCUT2D eigenvalue weighted by Crippen LogP contribution is -2.64. The van der Waals surface area contributed by atoms with Crippen molar-refractivity contribution < 1.29 is 68.5 Å². The van der Waals surface area contributed by atoms with Crippen LogP contribution < -0.4 is 31.9 Å². The normalized spacial score (nSPS) is 26.6. The lowest BCUT2D eigenvalue weighted by Gasteiger charge is -2.69. The Bertz CT molecular complexity index is 3700. The Hall–Kier alpha value is -7.92. The zero-order chi connectivity index (χ0) is 64.2. The minimum atomic E-state index is -1.87. The molecule has 6 aromatic rings. The number of hydrogen-bond acceptors (Lipinski definition) is 19. The number of carbonyl (C=O) groups excluding carboxylic acids is 4. The molecule has 4 aliphatic carbocycles. The maximum Gasteiger partial charge on any atom is 0.407 e. The van der Waals surface area contributed by atoms with Crippen molar-refractivity contribution in [2.75, 3.05) is 35.2 Å². The molecule has 0 spiro atoms. The first kappa shape index (κ1) is 63.6. The van der Waals surface area contributed by atoms with E-state index in [9.17, 15) is 54.3 Å². The highest BCUT2D eigenvalue weighted by Gasteiger charge is 2.66. The third kappa shape index (κ3) is 13.2. The number of aliphatic carboxylic acids is 1. The number of benzene rings is 2. The fraction of sp³-hybridized carbons (Fsp3) is 0.524. The number of rotatable bonds is 22. The highest BCUT2D eigenvalue weighted by molar-refractivity contribution is 7.22. The van der Waals surface area contributed by atoms with Gasteiger partial charge in [-0.05, 0) is 135 Å². The van der Waals surface area contributed by atoms with Crippen LogP contribution in [0.15, 0.2) is 67.1 Å². The first-order chi connectivity index (χ1) is 42.7. The predicted molar refractivity (Wildman–Crippen MR) is 329 cm³/mol. The van der Waals surface area contributed by atoms with Crippen LogP contribution in [0.4, 0.5) is 21.4 Å². The minimum Gasteiger partial charge on any atom is -0.479 e. The van der Waals surface area contributed by atoms with Gasteiger partial charge in [-0.25, -0.2) is 29.3 Å². The fourth-order valence-corrected chi connectivity index (χ4v) is 16.2. The van der Waals surface area contributed by atoms with Crippen LogP contribution >= 0.6 is 11.3 Å². The number of hydrogen-bond donors (Lipinski definition) is 10. The zero-order valence-electron chi connectivity index (χ0n) is 51.1. The Morgan fingerprint density at radius 1 is 0.844 bits per heavy atom. The van der Waals surface area contributed by atoms with Crippen LogP contribution in [-0.4, -0.2) is 158 Å². The van der Waals surface area contributed by atoms with Gasteiger partial charge in [0.05, 0.1) is 59.3 Å². The molecular weight excluding hydrogens is 1180 g/mol. The summed E-state index contributed by atoms with van der Waals surface area (Å²) in [5, 5.41) is 68.3. The average molecular weight is 1260 g/mol. The van der Waals surface area contributed by atoms with Gasteiger partial charge in [-0.3, -0.25) is 24.4 Å². The number of pyridine rings is 1. The number of aliphatic hydroxyl groups excluding tert-OH is 3. The van der Waals surface area contributed by atoms with E-state index in [0.29, 0.717) is 64.2 Å². The summed E-state index contributed by atoms with van der Waals surface area (Å²) < 4.78 is 23.0. The lowest BCUT2D eigenvalue weighted by molar-refractivity contribution is -0.247. The number of fused-ring (bicyclic) bond motifs is 2. The number of nitrogens with one attached hydrogen (secondary N) is 4. The Morgan fingerprint density at radius 3 is 2.32 bits per heavy atom. The number of para-hydroxylation sites is 1. The molecule has 4 saturated carbocycles. The third-order valence-electron chi connectivity index (χ3n) is 18.6. The number of ether oxygens (including phenoxy) is 3. The molecule has 0 radical (unpaired) electrons. The van der Waals surface area contributed by atoms with Crippen molar-refractivity contribution in [3.63, 3.8) is 0 Å². The second kappa shape index (κ2) is 25.0. The molecular formula is C63H78N12O14S. The van der Waals surface area contributed by atoms with Crippen LogP contribution in [0.2, 0.25) is 0 Å². The zero-order valence-corrected chi connectivity index (χ0v) is 51.9. The van der Waals surface area contributed by atoms with Gasteiger partial charge in [0, 0.05) is 48.7 Å². The molecule has 4 aromatic heterocycles. The first-order valence-electron chi connectivity index (χ1n) is 30.4. The van der Waals surface area contributed by atoms with Gasteiger partial charge in [-0.15, -0.1) is 0 Å². The minimum absolute atomic E-state index is 0.0326. The van der Waals surface area contributed by atoms with Crippen molar-refractivity contribution in [1.82, 2.24) is 39.9 Å². The Labute approximate surface area is 522 Å². The molecule has 27 heteroatoms. The first-order valence-corrected chi connectivity index (χ1v) is 31.2. The number of aryl methyl sites for hydroxylation is 1. The third-order valence-corrected chi connectivity index (χ3v) is 19.6. The van der Waals surface area contributed by atoms with Crippen molar-refractivity contribution >= 4 is 73.9 Å². The van der Waals surface area contributed by atoms with Gasteiger partial charge in [-0.1, -0.05) is 57.2 Å². The van der Waals surface area contributed by atoms with Crippen molar-refractivity contribution in [3.05, 3.63) is 101 Å². The van der Waals surface area contributed by atoms with Crippen LogP contribution in [0.1, 0.15) is 123 Å².